The zero-order valence-corrected chi connectivity index (χ0v) is 2.57. The SMILES string of the molecule is C.[O-]P([O-])[O-]. The average Bonchev–Trinajstić information content (AvgIpc) is 0.811. The molecular formula is CH4O3P-3. The summed E-state index contributed by atoms with van der Waals surface area (Å²) in [4.78, 5) is 25.4. The van der Waals surface area contributed by atoms with E-state index in [9.17, 15) is 0 Å². The number of hydrogen-bond acceptors (Lipinski definition) is 3. The Morgan fingerprint density at radius 1 is 1.00 bits per heavy atom. The summed E-state index contributed by atoms with van der Waals surface area (Å²) in [5.41, 5.74) is 0. The van der Waals surface area contributed by atoms with Gasteiger partial charge in [-0.15, -0.1) is 0 Å². The second-order valence-corrected chi connectivity index (χ2v) is 0.671. The minimum atomic E-state index is -3.37. The van der Waals surface area contributed by atoms with Gasteiger partial charge in [-0.05, 0) is 0 Å². The van der Waals surface area contributed by atoms with Gasteiger partial charge in [0.05, 0.1) is 0 Å². The summed E-state index contributed by atoms with van der Waals surface area (Å²) in [6.07, 6.45) is 0. The van der Waals surface area contributed by atoms with Gasteiger partial charge in [0.1, 0.15) is 0 Å². The molecule has 0 unspecified atom stereocenters. The van der Waals surface area contributed by atoms with Gasteiger partial charge in [-0.3, -0.25) is 0 Å². The third-order valence-electron chi connectivity index (χ3n) is 0. The summed E-state index contributed by atoms with van der Waals surface area (Å²) in [5, 5.41) is 0. The van der Waals surface area contributed by atoms with Gasteiger partial charge < -0.3 is 23.3 Å². The quantitative estimate of drug-likeness (QED) is 0.324. The van der Waals surface area contributed by atoms with Crippen LogP contribution in [0.25, 0.3) is 0 Å². The molecule has 0 N–H and O–H groups in total. The maximum atomic E-state index is 8.48. The Balaban J connectivity index is 0. The Bertz CT molecular complexity index is 11.6. The first-order chi connectivity index (χ1) is 1.73. The van der Waals surface area contributed by atoms with E-state index in [0.29, 0.717) is 0 Å². The summed E-state index contributed by atoms with van der Waals surface area (Å²) in [6.45, 7) is 0. The summed E-state index contributed by atoms with van der Waals surface area (Å²) in [6, 6.07) is 0. The zero-order valence-electron chi connectivity index (χ0n) is 1.67. The normalized spacial score (nSPS) is 7.20. The summed E-state index contributed by atoms with van der Waals surface area (Å²) in [7, 11) is -3.37. The van der Waals surface area contributed by atoms with Gasteiger partial charge in [-0.2, -0.15) is 0 Å². The molecule has 0 aromatic rings. The van der Waals surface area contributed by atoms with E-state index in [4.69, 9.17) is 14.7 Å². The van der Waals surface area contributed by atoms with Crippen molar-refractivity contribution in [1.82, 2.24) is 0 Å². The van der Waals surface area contributed by atoms with E-state index in [0.717, 1.165) is 0 Å². The highest BCUT2D eigenvalue weighted by Crippen LogP contribution is 1.85. The lowest BCUT2D eigenvalue weighted by atomic mass is 12.0. The standard InChI is InChI=1S/CH4.O3P/c;1-4(2)3/h1H4;/q;-3. The second-order valence-electron chi connectivity index (χ2n) is 0.224. The molecule has 0 radical (unpaired) electrons. The van der Waals surface area contributed by atoms with Crippen LogP contribution in [0.2, 0.25) is 0 Å². The molecule has 0 saturated heterocycles. The maximum absolute atomic E-state index is 8.48. The van der Waals surface area contributed by atoms with Crippen LogP contribution in [0, 0.1) is 0 Å². The molecule has 0 aliphatic rings. The lowest BCUT2D eigenvalue weighted by Crippen LogP contribution is -2.18. The fourth-order valence-electron chi connectivity index (χ4n) is 0. The van der Waals surface area contributed by atoms with E-state index in [1.165, 1.54) is 0 Å². The molecule has 0 saturated carbocycles. The third-order valence-corrected chi connectivity index (χ3v) is 0. The maximum Gasteiger partial charge on any atom is -0.0776 e. The van der Waals surface area contributed by atoms with E-state index in [2.05, 4.69) is 0 Å². The smallest absolute Gasteiger partial charge is 0.0776 e. The molecule has 5 heavy (non-hydrogen) atoms. The van der Waals surface area contributed by atoms with E-state index in [1.54, 1.807) is 0 Å². The van der Waals surface area contributed by atoms with Crippen molar-refractivity contribution >= 4 is 8.60 Å². The van der Waals surface area contributed by atoms with Crippen molar-refractivity contribution in [2.75, 3.05) is 0 Å². The Morgan fingerprint density at radius 2 is 1.00 bits per heavy atom. The van der Waals surface area contributed by atoms with E-state index in [1.807, 2.05) is 0 Å². The molecule has 0 fully saturated rings. The largest absolute Gasteiger partial charge is 0.854 e. The monoisotopic (exact) mass is 95.0 g/mol. The molecule has 4 heteroatoms. The van der Waals surface area contributed by atoms with Crippen LogP contribution in [-0.4, -0.2) is 0 Å². The molecule has 0 aliphatic carbocycles. The zero-order chi connectivity index (χ0) is 3.58. The van der Waals surface area contributed by atoms with Crippen molar-refractivity contribution in [2.45, 2.75) is 7.43 Å². The van der Waals surface area contributed by atoms with E-state index < -0.39 is 8.60 Å². The highest BCUT2D eigenvalue weighted by molar-refractivity contribution is 7.33. The molecule has 0 atom stereocenters. The molecule has 0 amide bonds. The van der Waals surface area contributed by atoms with Crippen LogP contribution in [0.1, 0.15) is 7.43 Å². The minimum Gasteiger partial charge on any atom is -0.854 e. The Labute approximate surface area is 31.9 Å². The van der Waals surface area contributed by atoms with Crippen LogP contribution >= 0.6 is 8.60 Å². The van der Waals surface area contributed by atoms with Crippen LogP contribution < -0.4 is 14.7 Å². The van der Waals surface area contributed by atoms with Crippen molar-refractivity contribution in [3.63, 3.8) is 0 Å². The lowest BCUT2D eigenvalue weighted by molar-refractivity contribution is -0.407. The van der Waals surface area contributed by atoms with Crippen LogP contribution in [-0.2, 0) is 0 Å². The van der Waals surface area contributed by atoms with Crippen LogP contribution in [0.4, 0.5) is 0 Å². The highest BCUT2D eigenvalue weighted by Gasteiger charge is 1.10. The first-order valence-corrected chi connectivity index (χ1v) is 1.64. The topological polar surface area (TPSA) is 69.2 Å². The first-order valence-electron chi connectivity index (χ1n) is 0.548. The van der Waals surface area contributed by atoms with Gasteiger partial charge in [-0.1, -0.05) is 7.43 Å². The molecular weight excluding hydrogens is 91.0 g/mol. The molecule has 0 aromatic heterocycles. The van der Waals surface area contributed by atoms with Crippen molar-refractivity contribution in [2.24, 2.45) is 0 Å². The predicted octanol–water partition coefficient (Wildman–Crippen LogP) is -2.07. The Hall–Kier alpha value is 0.310. The first kappa shape index (κ1) is 9.00. The molecule has 0 aromatic carbocycles. The Morgan fingerprint density at radius 3 is 1.00 bits per heavy atom. The molecule has 34 valence electrons. The predicted molar refractivity (Wildman–Crippen MR) is 13.7 cm³/mol. The Kier molecular flexibility index (Phi) is 7.76. The van der Waals surface area contributed by atoms with Crippen molar-refractivity contribution in [3.8, 4) is 0 Å². The highest BCUT2D eigenvalue weighted by atomic mass is 31.2. The molecule has 3 nitrogen and oxygen atoms in total. The van der Waals surface area contributed by atoms with Crippen molar-refractivity contribution < 1.29 is 14.7 Å². The van der Waals surface area contributed by atoms with Crippen molar-refractivity contribution in [1.29, 1.82) is 0 Å². The van der Waals surface area contributed by atoms with E-state index >= 15 is 0 Å². The molecule has 0 heterocycles. The fourth-order valence-corrected chi connectivity index (χ4v) is 0. The number of hydrogen-bond donors (Lipinski definition) is 0. The van der Waals surface area contributed by atoms with Gasteiger partial charge >= 0.3 is 0 Å². The van der Waals surface area contributed by atoms with E-state index in [-0.39, 0.29) is 7.43 Å². The van der Waals surface area contributed by atoms with Gasteiger partial charge in [0.2, 0.25) is 0 Å². The van der Waals surface area contributed by atoms with Gasteiger partial charge in [0.25, 0.3) is 0 Å². The number of rotatable bonds is 0. The van der Waals surface area contributed by atoms with Gasteiger partial charge in [0, 0.05) is 0 Å². The lowest BCUT2D eigenvalue weighted by Gasteiger charge is -2.39. The molecule has 0 spiro atoms. The van der Waals surface area contributed by atoms with Crippen LogP contribution in [0.5, 0.6) is 0 Å². The summed E-state index contributed by atoms with van der Waals surface area (Å²) in [5.74, 6) is 0. The minimum absolute atomic E-state index is 0. The molecule has 0 rings (SSSR count). The van der Waals surface area contributed by atoms with Crippen molar-refractivity contribution in [3.05, 3.63) is 0 Å². The second kappa shape index (κ2) is 4.31. The summed E-state index contributed by atoms with van der Waals surface area (Å²) < 4.78 is 0. The summed E-state index contributed by atoms with van der Waals surface area (Å²) >= 11 is 0. The van der Waals surface area contributed by atoms with Gasteiger partial charge in [0.15, 0.2) is 0 Å². The van der Waals surface area contributed by atoms with Crippen LogP contribution in [0.15, 0.2) is 0 Å². The van der Waals surface area contributed by atoms with Crippen LogP contribution in [0.3, 0.4) is 0 Å². The third kappa shape index (κ3) is 239. The fraction of sp³-hybridized carbons (Fsp3) is 1.00. The molecule has 0 aliphatic heterocycles. The molecule has 0 bridgehead atoms. The van der Waals surface area contributed by atoms with Gasteiger partial charge in [-0.25, -0.2) is 0 Å². The average molecular weight is 95.0 g/mol.